The molecule has 1 saturated heterocycles. The van der Waals surface area contributed by atoms with E-state index in [0.29, 0.717) is 12.1 Å². The van der Waals surface area contributed by atoms with Crippen LogP contribution in [0.4, 0.5) is 0 Å². The van der Waals surface area contributed by atoms with Gasteiger partial charge in [-0.25, -0.2) is 4.99 Å². The summed E-state index contributed by atoms with van der Waals surface area (Å²) in [5, 5.41) is 6.83. The largest absolute Gasteiger partial charge is 0.354 e. The smallest absolute Gasteiger partial charge is 0.243 e. The van der Waals surface area contributed by atoms with Crippen molar-refractivity contribution in [2.24, 2.45) is 4.99 Å². The molecule has 6 heteroatoms. The van der Waals surface area contributed by atoms with Crippen LogP contribution in [0.1, 0.15) is 33.1 Å². The van der Waals surface area contributed by atoms with Gasteiger partial charge >= 0.3 is 0 Å². The molecule has 2 atom stereocenters. The number of nitrogens with zero attached hydrogens (tertiary/aromatic N) is 2. The Morgan fingerprint density at radius 2 is 2.25 bits per heavy atom. The molecular formula is C14H28N4OS. The van der Waals surface area contributed by atoms with Crippen molar-refractivity contribution in [1.82, 2.24) is 15.5 Å². The summed E-state index contributed by atoms with van der Waals surface area (Å²) in [5.41, 5.74) is 0. The van der Waals surface area contributed by atoms with Gasteiger partial charge in [0.2, 0.25) is 5.91 Å². The second kappa shape index (κ2) is 9.10. The number of likely N-dealkylation sites (N-methyl/N-ethyl adjacent to an activating group) is 1. The highest BCUT2D eigenvalue weighted by Crippen LogP contribution is 2.16. The summed E-state index contributed by atoms with van der Waals surface area (Å²) in [4.78, 5) is 17.6. The minimum Gasteiger partial charge on any atom is -0.354 e. The van der Waals surface area contributed by atoms with Crippen molar-refractivity contribution in [3.63, 3.8) is 0 Å². The summed E-state index contributed by atoms with van der Waals surface area (Å²) in [5.74, 6) is 3.15. The zero-order chi connectivity index (χ0) is 15.0. The van der Waals surface area contributed by atoms with E-state index in [1.54, 1.807) is 19.0 Å². The number of carbonyl (C=O) groups is 1. The highest BCUT2D eigenvalue weighted by atomic mass is 32.2. The molecule has 5 nitrogen and oxygen atoms in total. The molecule has 1 aliphatic heterocycles. The molecule has 1 heterocycles. The molecule has 1 amide bonds. The van der Waals surface area contributed by atoms with Gasteiger partial charge in [0, 0.05) is 31.9 Å². The van der Waals surface area contributed by atoms with Crippen molar-refractivity contribution in [1.29, 1.82) is 0 Å². The molecule has 0 aromatic heterocycles. The molecule has 0 bridgehead atoms. The van der Waals surface area contributed by atoms with Crippen molar-refractivity contribution in [3.8, 4) is 0 Å². The van der Waals surface area contributed by atoms with E-state index < -0.39 is 0 Å². The van der Waals surface area contributed by atoms with E-state index in [9.17, 15) is 4.79 Å². The van der Waals surface area contributed by atoms with Gasteiger partial charge in [-0.3, -0.25) is 4.79 Å². The molecule has 0 spiro atoms. The topological polar surface area (TPSA) is 56.7 Å². The first-order chi connectivity index (χ1) is 9.52. The van der Waals surface area contributed by atoms with Gasteiger partial charge in [-0.1, -0.05) is 6.92 Å². The van der Waals surface area contributed by atoms with Gasteiger partial charge in [-0.15, -0.1) is 0 Å². The van der Waals surface area contributed by atoms with Gasteiger partial charge < -0.3 is 15.5 Å². The summed E-state index contributed by atoms with van der Waals surface area (Å²) < 4.78 is 0. The molecule has 2 unspecified atom stereocenters. The minimum atomic E-state index is 0.0215. The quantitative estimate of drug-likeness (QED) is 0.594. The molecule has 0 radical (unpaired) electrons. The number of guanidine groups is 1. The van der Waals surface area contributed by atoms with Gasteiger partial charge in [0.15, 0.2) is 5.96 Å². The molecule has 2 N–H and O–H groups in total. The van der Waals surface area contributed by atoms with E-state index in [1.807, 2.05) is 11.8 Å². The Kier molecular flexibility index (Phi) is 7.80. The fraction of sp³-hybridized carbons (Fsp3) is 0.857. The SMILES string of the molecule is CCC(C)NC(=NCC(=O)N(C)C)NC1CCCSC1. The molecule has 0 aromatic carbocycles. The maximum atomic E-state index is 11.7. The van der Waals surface area contributed by atoms with E-state index in [1.165, 1.54) is 18.6 Å². The summed E-state index contributed by atoms with van der Waals surface area (Å²) in [6.45, 7) is 4.45. The van der Waals surface area contributed by atoms with Crippen LogP contribution in [0.3, 0.4) is 0 Å². The molecule has 116 valence electrons. The Bertz CT molecular complexity index is 327. The van der Waals surface area contributed by atoms with E-state index in [4.69, 9.17) is 0 Å². The highest BCUT2D eigenvalue weighted by Gasteiger charge is 2.16. The van der Waals surface area contributed by atoms with E-state index in [-0.39, 0.29) is 12.5 Å². The molecule has 1 rings (SSSR count). The van der Waals surface area contributed by atoms with Crippen LogP contribution in [0.2, 0.25) is 0 Å². The van der Waals surface area contributed by atoms with Gasteiger partial charge in [0.05, 0.1) is 0 Å². The standard InChI is InChI=1S/C14H28N4OS/c1-5-11(2)16-14(15-9-13(19)18(3)4)17-12-7-6-8-20-10-12/h11-12H,5-10H2,1-4H3,(H2,15,16,17). The summed E-state index contributed by atoms with van der Waals surface area (Å²) in [6, 6.07) is 0.811. The number of carbonyl (C=O) groups excluding carboxylic acids is 1. The summed E-state index contributed by atoms with van der Waals surface area (Å²) >= 11 is 1.98. The van der Waals surface area contributed by atoms with Crippen molar-refractivity contribution in [2.75, 3.05) is 32.1 Å². The number of nitrogens with one attached hydrogen (secondary N) is 2. The summed E-state index contributed by atoms with van der Waals surface area (Å²) in [6.07, 6.45) is 3.45. The molecule has 0 saturated carbocycles. The fourth-order valence-corrected chi connectivity index (χ4v) is 2.88. The zero-order valence-corrected chi connectivity index (χ0v) is 13.9. The van der Waals surface area contributed by atoms with Gasteiger partial charge in [-0.2, -0.15) is 11.8 Å². The van der Waals surface area contributed by atoms with Crippen molar-refractivity contribution in [3.05, 3.63) is 0 Å². The first-order valence-electron chi connectivity index (χ1n) is 7.38. The van der Waals surface area contributed by atoms with Crippen LogP contribution >= 0.6 is 11.8 Å². The highest BCUT2D eigenvalue weighted by molar-refractivity contribution is 7.99. The lowest BCUT2D eigenvalue weighted by molar-refractivity contribution is -0.127. The third-order valence-electron chi connectivity index (χ3n) is 3.37. The lowest BCUT2D eigenvalue weighted by atomic mass is 10.2. The summed E-state index contributed by atoms with van der Waals surface area (Å²) in [7, 11) is 3.51. The second-order valence-corrected chi connectivity index (χ2v) is 6.61. The van der Waals surface area contributed by atoms with Crippen LogP contribution in [-0.4, -0.2) is 61.0 Å². The van der Waals surface area contributed by atoms with Crippen molar-refractivity contribution >= 4 is 23.6 Å². The Morgan fingerprint density at radius 1 is 1.50 bits per heavy atom. The van der Waals surface area contributed by atoms with Crippen molar-refractivity contribution in [2.45, 2.75) is 45.2 Å². The number of hydrogen-bond donors (Lipinski definition) is 2. The Labute approximate surface area is 127 Å². The van der Waals surface area contributed by atoms with Crippen LogP contribution in [-0.2, 0) is 4.79 Å². The molecule has 20 heavy (non-hydrogen) atoms. The van der Waals surface area contributed by atoms with Crippen LogP contribution in [0, 0.1) is 0 Å². The third-order valence-corrected chi connectivity index (χ3v) is 4.58. The zero-order valence-electron chi connectivity index (χ0n) is 13.1. The van der Waals surface area contributed by atoms with Gasteiger partial charge in [-0.05, 0) is 31.9 Å². The Morgan fingerprint density at radius 3 is 2.80 bits per heavy atom. The minimum absolute atomic E-state index is 0.0215. The van der Waals surface area contributed by atoms with E-state index in [0.717, 1.165) is 18.1 Å². The third kappa shape index (κ3) is 6.50. The molecule has 0 aliphatic carbocycles. The van der Waals surface area contributed by atoms with Crippen LogP contribution in [0.5, 0.6) is 0 Å². The normalized spacial score (nSPS) is 21.2. The number of amides is 1. The number of aliphatic imine (C=N–C) groups is 1. The number of thioether (sulfide) groups is 1. The molecule has 0 aromatic rings. The number of rotatable bonds is 5. The van der Waals surface area contributed by atoms with Crippen LogP contribution in [0.25, 0.3) is 0 Å². The Balaban J connectivity index is 2.58. The van der Waals surface area contributed by atoms with Crippen molar-refractivity contribution < 1.29 is 4.79 Å². The maximum Gasteiger partial charge on any atom is 0.243 e. The monoisotopic (exact) mass is 300 g/mol. The van der Waals surface area contributed by atoms with Crippen LogP contribution in [0.15, 0.2) is 4.99 Å². The number of hydrogen-bond acceptors (Lipinski definition) is 3. The lowest BCUT2D eigenvalue weighted by Crippen LogP contribution is -2.48. The predicted octanol–water partition coefficient (Wildman–Crippen LogP) is 1.30. The van der Waals surface area contributed by atoms with Gasteiger partial charge in [0.1, 0.15) is 6.54 Å². The second-order valence-electron chi connectivity index (χ2n) is 5.47. The maximum absolute atomic E-state index is 11.7. The average Bonchev–Trinajstić information content (AvgIpc) is 2.45. The Hall–Kier alpha value is -0.910. The lowest BCUT2D eigenvalue weighted by Gasteiger charge is -2.26. The van der Waals surface area contributed by atoms with Gasteiger partial charge in [0.25, 0.3) is 0 Å². The fourth-order valence-electron chi connectivity index (χ4n) is 1.80. The molecule has 1 aliphatic rings. The van der Waals surface area contributed by atoms with Crippen LogP contribution < -0.4 is 10.6 Å². The first-order valence-corrected chi connectivity index (χ1v) is 8.53. The predicted molar refractivity (Wildman–Crippen MR) is 87.4 cm³/mol. The first kappa shape index (κ1) is 17.1. The average molecular weight is 300 g/mol. The molecular weight excluding hydrogens is 272 g/mol. The van der Waals surface area contributed by atoms with E-state index >= 15 is 0 Å². The molecule has 1 fully saturated rings. The van der Waals surface area contributed by atoms with E-state index in [2.05, 4.69) is 29.5 Å².